The van der Waals surface area contributed by atoms with Gasteiger partial charge in [-0.2, -0.15) is 5.26 Å². The van der Waals surface area contributed by atoms with E-state index in [9.17, 15) is 0 Å². The summed E-state index contributed by atoms with van der Waals surface area (Å²) in [4.78, 5) is 8.38. The Bertz CT molecular complexity index is 690. The van der Waals surface area contributed by atoms with Crippen molar-refractivity contribution in [2.75, 3.05) is 0 Å². The minimum atomic E-state index is 0.410. The lowest BCUT2D eigenvalue weighted by Crippen LogP contribution is -1.88. The van der Waals surface area contributed by atoms with Crippen LogP contribution in [0, 0.1) is 11.3 Å². The number of nitriles is 1. The highest BCUT2D eigenvalue weighted by Gasteiger charge is 2.03. The van der Waals surface area contributed by atoms with Crippen molar-refractivity contribution in [2.45, 2.75) is 0 Å². The number of nitrogens with zero attached hydrogens (tertiary/aromatic N) is 4. The van der Waals surface area contributed by atoms with Crippen molar-refractivity contribution in [3.63, 3.8) is 0 Å². The van der Waals surface area contributed by atoms with Crippen molar-refractivity contribution < 1.29 is 0 Å². The summed E-state index contributed by atoms with van der Waals surface area (Å²) >= 11 is 0. The van der Waals surface area contributed by atoms with Gasteiger partial charge >= 0.3 is 0 Å². The van der Waals surface area contributed by atoms with E-state index < -0.39 is 0 Å². The van der Waals surface area contributed by atoms with Gasteiger partial charge in [0, 0.05) is 6.20 Å². The summed E-state index contributed by atoms with van der Waals surface area (Å²) in [5, 5.41) is 8.76. The molecule has 15 heavy (non-hydrogen) atoms. The van der Waals surface area contributed by atoms with Gasteiger partial charge in [0.2, 0.25) is 0 Å². The molecule has 4 nitrogen and oxygen atoms in total. The molecule has 0 spiro atoms. The third-order valence-corrected chi connectivity index (χ3v) is 2.31. The van der Waals surface area contributed by atoms with E-state index in [0.29, 0.717) is 11.3 Å². The smallest absolute Gasteiger partial charge is 0.159 e. The molecule has 0 bridgehead atoms. The fourth-order valence-electron chi connectivity index (χ4n) is 1.64. The van der Waals surface area contributed by atoms with E-state index in [1.807, 2.05) is 34.7 Å². The molecule has 0 saturated heterocycles. The second-order valence-corrected chi connectivity index (χ2v) is 3.21. The van der Waals surface area contributed by atoms with Gasteiger partial charge in [-0.25, -0.2) is 4.98 Å². The first-order valence-electron chi connectivity index (χ1n) is 4.51. The topological polar surface area (TPSA) is 54.0 Å². The van der Waals surface area contributed by atoms with E-state index in [1.165, 1.54) is 0 Å². The molecule has 1 aromatic carbocycles. The van der Waals surface area contributed by atoms with Gasteiger partial charge in [0.15, 0.2) is 11.3 Å². The zero-order valence-electron chi connectivity index (χ0n) is 7.75. The van der Waals surface area contributed by atoms with Crippen LogP contribution in [0.15, 0.2) is 36.7 Å². The lowest BCUT2D eigenvalue weighted by atomic mass is 10.3. The highest BCUT2D eigenvalue weighted by Crippen LogP contribution is 2.14. The second-order valence-electron chi connectivity index (χ2n) is 3.21. The van der Waals surface area contributed by atoms with Crippen LogP contribution in [0.2, 0.25) is 0 Å². The molecular formula is C11H6N4. The Morgan fingerprint density at radius 3 is 3.00 bits per heavy atom. The van der Waals surface area contributed by atoms with Crippen LogP contribution in [0.25, 0.3) is 16.7 Å². The Balaban J connectivity index is 2.54. The number of fused-ring (bicyclic) bond motifs is 3. The molecule has 0 unspecified atom stereocenters. The standard InChI is InChI=1S/C11H6N4/c12-5-8-7-15-10-4-2-1-3-9(10)13-6-11(15)14-8/h1-4,6-7H. The molecule has 0 aliphatic heterocycles. The lowest BCUT2D eigenvalue weighted by molar-refractivity contribution is 1.21. The lowest BCUT2D eigenvalue weighted by Gasteiger charge is -1.98. The Hall–Kier alpha value is -2.41. The number of hydrogen-bond donors (Lipinski definition) is 0. The van der Waals surface area contributed by atoms with E-state index in [0.717, 1.165) is 11.0 Å². The maximum absolute atomic E-state index is 8.76. The van der Waals surface area contributed by atoms with Gasteiger partial charge in [-0.3, -0.25) is 9.38 Å². The van der Waals surface area contributed by atoms with Crippen LogP contribution in [0.1, 0.15) is 5.69 Å². The molecule has 4 heteroatoms. The number of imidazole rings is 1. The normalized spacial score (nSPS) is 10.6. The Kier molecular flexibility index (Phi) is 1.48. The molecule has 0 radical (unpaired) electrons. The van der Waals surface area contributed by atoms with Crippen molar-refractivity contribution in [1.29, 1.82) is 5.26 Å². The van der Waals surface area contributed by atoms with Crippen molar-refractivity contribution in [2.24, 2.45) is 0 Å². The minimum Gasteiger partial charge on any atom is -0.295 e. The number of hydrogen-bond acceptors (Lipinski definition) is 3. The molecule has 0 amide bonds. The first-order valence-corrected chi connectivity index (χ1v) is 4.51. The Morgan fingerprint density at radius 1 is 1.27 bits per heavy atom. The van der Waals surface area contributed by atoms with Crippen LogP contribution in [-0.2, 0) is 0 Å². The molecule has 0 N–H and O–H groups in total. The number of benzene rings is 1. The van der Waals surface area contributed by atoms with Gasteiger partial charge in [-0.15, -0.1) is 0 Å². The molecular weight excluding hydrogens is 188 g/mol. The van der Waals surface area contributed by atoms with Crippen LogP contribution >= 0.6 is 0 Å². The fraction of sp³-hybridized carbons (Fsp3) is 0. The zero-order chi connectivity index (χ0) is 10.3. The predicted molar refractivity (Wildman–Crippen MR) is 55.2 cm³/mol. The van der Waals surface area contributed by atoms with Gasteiger partial charge in [-0.1, -0.05) is 12.1 Å². The predicted octanol–water partition coefficient (Wildman–Crippen LogP) is 1.75. The molecule has 3 rings (SSSR count). The molecule has 2 aromatic heterocycles. The van der Waals surface area contributed by atoms with E-state index in [2.05, 4.69) is 9.97 Å². The van der Waals surface area contributed by atoms with Crippen LogP contribution in [-0.4, -0.2) is 14.4 Å². The summed E-state index contributed by atoms with van der Waals surface area (Å²) in [7, 11) is 0. The highest BCUT2D eigenvalue weighted by atomic mass is 15.0. The molecule has 3 aromatic rings. The number of rotatable bonds is 0. The molecule has 0 aliphatic carbocycles. The summed E-state index contributed by atoms with van der Waals surface area (Å²) in [5.74, 6) is 0. The van der Waals surface area contributed by atoms with Gasteiger partial charge < -0.3 is 0 Å². The van der Waals surface area contributed by atoms with Crippen LogP contribution in [0.5, 0.6) is 0 Å². The quantitative estimate of drug-likeness (QED) is 0.547. The average molecular weight is 194 g/mol. The maximum Gasteiger partial charge on any atom is 0.159 e. The summed E-state index contributed by atoms with van der Waals surface area (Å²) in [6.07, 6.45) is 3.39. The molecule has 0 saturated carbocycles. The maximum atomic E-state index is 8.76. The molecule has 0 atom stereocenters. The third kappa shape index (κ3) is 1.07. The van der Waals surface area contributed by atoms with Gasteiger partial charge in [0.05, 0.1) is 17.2 Å². The minimum absolute atomic E-state index is 0.410. The van der Waals surface area contributed by atoms with E-state index in [4.69, 9.17) is 5.26 Å². The van der Waals surface area contributed by atoms with E-state index in [-0.39, 0.29) is 0 Å². The first kappa shape index (κ1) is 7.94. The average Bonchev–Trinajstić information content (AvgIpc) is 2.72. The fourth-order valence-corrected chi connectivity index (χ4v) is 1.64. The van der Waals surface area contributed by atoms with Crippen molar-refractivity contribution in [1.82, 2.24) is 14.4 Å². The first-order chi connectivity index (χ1) is 7.38. The van der Waals surface area contributed by atoms with E-state index in [1.54, 1.807) is 12.4 Å². The zero-order valence-corrected chi connectivity index (χ0v) is 7.75. The SMILES string of the molecule is N#Cc1cn2c(cnc3ccccc32)n1. The summed E-state index contributed by atoms with van der Waals surface area (Å²) in [6.45, 7) is 0. The van der Waals surface area contributed by atoms with Crippen LogP contribution in [0.3, 0.4) is 0 Å². The van der Waals surface area contributed by atoms with Crippen molar-refractivity contribution in [3.05, 3.63) is 42.4 Å². The summed E-state index contributed by atoms with van der Waals surface area (Å²) in [5.41, 5.74) is 2.97. The Labute approximate surface area is 85.4 Å². The monoisotopic (exact) mass is 194 g/mol. The molecule has 2 heterocycles. The summed E-state index contributed by atoms with van der Waals surface area (Å²) < 4.78 is 1.88. The van der Waals surface area contributed by atoms with Crippen molar-refractivity contribution >= 4 is 16.7 Å². The van der Waals surface area contributed by atoms with Crippen LogP contribution in [0.4, 0.5) is 0 Å². The van der Waals surface area contributed by atoms with Crippen LogP contribution < -0.4 is 0 Å². The largest absolute Gasteiger partial charge is 0.295 e. The van der Waals surface area contributed by atoms with Gasteiger partial charge in [0.25, 0.3) is 0 Å². The van der Waals surface area contributed by atoms with E-state index >= 15 is 0 Å². The Morgan fingerprint density at radius 2 is 2.13 bits per heavy atom. The highest BCUT2D eigenvalue weighted by molar-refractivity contribution is 5.77. The molecule has 70 valence electrons. The number of aromatic nitrogens is 3. The molecule has 0 fully saturated rings. The summed E-state index contributed by atoms with van der Waals surface area (Å²) in [6, 6.07) is 9.78. The number of para-hydroxylation sites is 2. The van der Waals surface area contributed by atoms with Gasteiger partial charge in [0.1, 0.15) is 6.07 Å². The second kappa shape index (κ2) is 2.79. The molecule has 0 aliphatic rings. The third-order valence-electron chi connectivity index (χ3n) is 2.31. The van der Waals surface area contributed by atoms with Gasteiger partial charge in [-0.05, 0) is 12.1 Å². The van der Waals surface area contributed by atoms with Crippen molar-refractivity contribution in [3.8, 4) is 6.07 Å².